The summed E-state index contributed by atoms with van der Waals surface area (Å²) in [7, 11) is 2.25. The van der Waals surface area contributed by atoms with E-state index in [2.05, 4.69) is 29.1 Å². The molecule has 0 amide bonds. The van der Waals surface area contributed by atoms with Gasteiger partial charge in [0.15, 0.2) is 0 Å². The molecule has 0 saturated carbocycles. The number of piperidine rings is 1. The van der Waals surface area contributed by atoms with Gasteiger partial charge in [0.2, 0.25) is 0 Å². The van der Waals surface area contributed by atoms with Crippen molar-refractivity contribution in [3.8, 4) is 0 Å². The molecular weight excluding hydrogens is 210 g/mol. The Morgan fingerprint density at radius 3 is 2.71 bits per heavy atom. The second-order valence-electron chi connectivity index (χ2n) is 6.04. The lowest BCUT2D eigenvalue weighted by Crippen LogP contribution is -2.37. The van der Waals surface area contributed by atoms with Gasteiger partial charge in [-0.2, -0.15) is 0 Å². The van der Waals surface area contributed by atoms with Crippen LogP contribution in [0.3, 0.4) is 0 Å². The summed E-state index contributed by atoms with van der Waals surface area (Å²) in [5.74, 6) is 0.984. The van der Waals surface area contributed by atoms with E-state index in [0.29, 0.717) is 6.04 Å². The molecule has 3 nitrogen and oxygen atoms in total. The molecule has 1 atom stereocenters. The predicted molar refractivity (Wildman–Crippen MR) is 73.4 cm³/mol. The number of rotatable bonds is 3. The monoisotopic (exact) mass is 239 g/mol. The van der Waals surface area contributed by atoms with Gasteiger partial charge in [-0.25, -0.2) is 0 Å². The van der Waals surface area contributed by atoms with Crippen LogP contribution in [-0.2, 0) is 0 Å². The molecule has 17 heavy (non-hydrogen) atoms. The van der Waals surface area contributed by atoms with Crippen LogP contribution in [0.2, 0.25) is 0 Å². The molecular formula is C14H29N3. The molecule has 2 aliphatic heterocycles. The molecule has 100 valence electrons. The maximum Gasteiger partial charge on any atom is 0.0166 e. The van der Waals surface area contributed by atoms with Crippen molar-refractivity contribution in [3.05, 3.63) is 0 Å². The summed E-state index contributed by atoms with van der Waals surface area (Å²) in [6, 6.07) is 0.676. The van der Waals surface area contributed by atoms with Crippen LogP contribution in [0.25, 0.3) is 0 Å². The van der Waals surface area contributed by atoms with Crippen molar-refractivity contribution in [2.45, 2.75) is 38.6 Å². The number of hydrogen-bond donors (Lipinski definition) is 1. The highest BCUT2D eigenvalue weighted by molar-refractivity contribution is 4.75. The third-order valence-electron chi connectivity index (χ3n) is 4.37. The molecule has 2 fully saturated rings. The van der Waals surface area contributed by atoms with Crippen molar-refractivity contribution in [3.63, 3.8) is 0 Å². The molecule has 1 unspecified atom stereocenters. The number of likely N-dealkylation sites (tertiary alicyclic amines) is 1. The highest BCUT2D eigenvalue weighted by atomic mass is 15.2. The largest absolute Gasteiger partial charge is 0.313 e. The van der Waals surface area contributed by atoms with Crippen molar-refractivity contribution >= 4 is 0 Å². The Bertz CT molecular complexity index is 212. The Morgan fingerprint density at radius 1 is 1.18 bits per heavy atom. The summed E-state index contributed by atoms with van der Waals surface area (Å²) in [6.45, 7) is 9.99. The van der Waals surface area contributed by atoms with Crippen LogP contribution < -0.4 is 5.32 Å². The lowest BCUT2D eigenvalue weighted by Gasteiger charge is -2.31. The Morgan fingerprint density at radius 2 is 1.94 bits per heavy atom. The van der Waals surface area contributed by atoms with Crippen LogP contribution >= 0.6 is 0 Å². The lowest BCUT2D eigenvalue weighted by molar-refractivity contribution is 0.186. The number of nitrogens with one attached hydrogen (secondary N) is 1. The molecule has 2 rings (SSSR count). The Hall–Kier alpha value is -0.120. The topological polar surface area (TPSA) is 18.5 Å². The van der Waals surface area contributed by atoms with E-state index in [1.54, 1.807) is 0 Å². The van der Waals surface area contributed by atoms with Crippen molar-refractivity contribution in [2.24, 2.45) is 5.92 Å². The minimum atomic E-state index is 0.676. The van der Waals surface area contributed by atoms with Gasteiger partial charge in [0.1, 0.15) is 0 Å². The zero-order valence-electron chi connectivity index (χ0n) is 11.6. The van der Waals surface area contributed by atoms with E-state index in [0.717, 1.165) is 5.92 Å². The first-order valence-electron chi connectivity index (χ1n) is 7.38. The van der Waals surface area contributed by atoms with Gasteiger partial charge in [-0.05, 0) is 78.3 Å². The van der Waals surface area contributed by atoms with Gasteiger partial charge < -0.3 is 15.1 Å². The zero-order chi connectivity index (χ0) is 12.1. The minimum absolute atomic E-state index is 0.676. The van der Waals surface area contributed by atoms with Crippen molar-refractivity contribution in [2.75, 3.05) is 46.3 Å². The molecule has 2 saturated heterocycles. The van der Waals surface area contributed by atoms with E-state index >= 15 is 0 Å². The first-order valence-corrected chi connectivity index (χ1v) is 7.38. The average molecular weight is 239 g/mol. The summed E-state index contributed by atoms with van der Waals surface area (Å²) in [5, 5.41) is 3.57. The SMILES string of the molecule is CC1CN(CCC2CCN(C)CC2)CCCN1. The van der Waals surface area contributed by atoms with Crippen LogP contribution in [0.1, 0.15) is 32.6 Å². The van der Waals surface area contributed by atoms with Crippen LogP contribution in [0, 0.1) is 5.92 Å². The third kappa shape index (κ3) is 4.57. The summed E-state index contributed by atoms with van der Waals surface area (Å²) in [4.78, 5) is 5.14. The van der Waals surface area contributed by atoms with E-state index in [1.165, 1.54) is 65.0 Å². The van der Waals surface area contributed by atoms with Crippen LogP contribution in [0.4, 0.5) is 0 Å². The fourth-order valence-corrected chi connectivity index (χ4v) is 3.11. The molecule has 0 aliphatic carbocycles. The summed E-state index contributed by atoms with van der Waals surface area (Å²) >= 11 is 0. The summed E-state index contributed by atoms with van der Waals surface area (Å²) < 4.78 is 0. The molecule has 2 heterocycles. The third-order valence-corrected chi connectivity index (χ3v) is 4.37. The van der Waals surface area contributed by atoms with Gasteiger partial charge >= 0.3 is 0 Å². The van der Waals surface area contributed by atoms with E-state index < -0.39 is 0 Å². The van der Waals surface area contributed by atoms with Crippen molar-refractivity contribution < 1.29 is 0 Å². The molecule has 0 aromatic heterocycles. The molecule has 3 heteroatoms. The van der Waals surface area contributed by atoms with Gasteiger partial charge in [0.05, 0.1) is 0 Å². The molecule has 0 bridgehead atoms. The number of nitrogens with zero attached hydrogens (tertiary/aromatic N) is 2. The molecule has 0 aromatic rings. The van der Waals surface area contributed by atoms with Gasteiger partial charge in [-0.15, -0.1) is 0 Å². The first-order chi connectivity index (χ1) is 8.24. The van der Waals surface area contributed by atoms with E-state index in [1.807, 2.05) is 0 Å². The first kappa shape index (κ1) is 13.3. The fourth-order valence-electron chi connectivity index (χ4n) is 3.11. The standard InChI is InChI=1S/C14H29N3/c1-13-12-17(8-3-7-15-13)11-6-14-4-9-16(2)10-5-14/h13-15H,3-12H2,1-2H3. The minimum Gasteiger partial charge on any atom is -0.313 e. The van der Waals surface area contributed by atoms with Crippen LogP contribution in [0.5, 0.6) is 0 Å². The van der Waals surface area contributed by atoms with E-state index in [4.69, 9.17) is 0 Å². The van der Waals surface area contributed by atoms with Crippen LogP contribution in [-0.4, -0.2) is 62.2 Å². The fraction of sp³-hybridized carbons (Fsp3) is 1.00. The van der Waals surface area contributed by atoms with Gasteiger partial charge in [-0.3, -0.25) is 0 Å². The highest BCUT2D eigenvalue weighted by Gasteiger charge is 2.19. The smallest absolute Gasteiger partial charge is 0.0166 e. The molecule has 0 radical (unpaired) electrons. The summed E-state index contributed by atoms with van der Waals surface area (Å²) in [6.07, 6.45) is 5.56. The lowest BCUT2D eigenvalue weighted by atomic mass is 9.93. The quantitative estimate of drug-likeness (QED) is 0.803. The van der Waals surface area contributed by atoms with Gasteiger partial charge in [0, 0.05) is 12.6 Å². The zero-order valence-corrected chi connectivity index (χ0v) is 11.6. The van der Waals surface area contributed by atoms with Crippen molar-refractivity contribution in [1.82, 2.24) is 15.1 Å². The molecule has 1 N–H and O–H groups in total. The molecule has 0 spiro atoms. The predicted octanol–water partition coefficient (Wildman–Crippen LogP) is 1.40. The Kier molecular flexibility index (Phi) is 5.26. The summed E-state index contributed by atoms with van der Waals surface area (Å²) in [5.41, 5.74) is 0. The second-order valence-corrected chi connectivity index (χ2v) is 6.04. The van der Waals surface area contributed by atoms with Gasteiger partial charge in [0.25, 0.3) is 0 Å². The van der Waals surface area contributed by atoms with Crippen molar-refractivity contribution in [1.29, 1.82) is 0 Å². The van der Waals surface area contributed by atoms with Crippen LogP contribution in [0.15, 0.2) is 0 Å². The maximum absolute atomic E-state index is 3.57. The van der Waals surface area contributed by atoms with Gasteiger partial charge in [-0.1, -0.05) is 0 Å². The number of hydrogen-bond acceptors (Lipinski definition) is 3. The van der Waals surface area contributed by atoms with E-state index in [-0.39, 0.29) is 0 Å². The highest BCUT2D eigenvalue weighted by Crippen LogP contribution is 2.20. The normalized spacial score (nSPS) is 30.4. The molecule has 2 aliphatic rings. The average Bonchev–Trinajstić information content (AvgIpc) is 2.53. The molecule has 0 aromatic carbocycles. The second kappa shape index (κ2) is 6.72. The van der Waals surface area contributed by atoms with E-state index in [9.17, 15) is 0 Å². The Balaban J connectivity index is 1.66. The Labute approximate surface area is 107 Å². The maximum atomic E-state index is 3.57.